The number of carbonyl (C=O) groups is 1. The number of nitrogens with zero attached hydrogens (tertiary/aromatic N) is 2. The Bertz CT molecular complexity index is 512. The maximum absolute atomic E-state index is 10.9. The Hall–Kier alpha value is -2.15. The van der Waals surface area contributed by atoms with Gasteiger partial charge in [-0.3, -0.25) is 10.1 Å². The van der Waals surface area contributed by atoms with Gasteiger partial charge < -0.3 is 15.3 Å². The van der Waals surface area contributed by atoms with Crippen molar-refractivity contribution in [3.63, 3.8) is 0 Å². The van der Waals surface area contributed by atoms with E-state index in [1.54, 1.807) is 6.07 Å². The summed E-state index contributed by atoms with van der Waals surface area (Å²) >= 11 is 0. The minimum atomic E-state index is -1.29. The van der Waals surface area contributed by atoms with Crippen LogP contribution in [-0.4, -0.2) is 47.1 Å². The topological polar surface area (TPSA) is 95.7 Å². The zero-order valence-corrected chi connectivity index (χ0v) is 11.0. The van der Waals surface area contributed by atoms with Gasteiger partial charge in [-0.2, -0.15) is 0 Å². The lowest BCUT2D eigenvalue weighted by Gasteiger charge is -2.15. The van der Waals surface area contributed by atoms with Crippen LogP contribution in [0.15, 0.2) is 18.2 Å². The van der Waals surface area contributed by atoms with Crippen LogP contribution < -0.4 is 5.32 Å². The Balaban J connectivity index is 1.99. The number of benzene rings is 1. The van der Waals surface area contributed by atoms with Gasteiger partial charge in [0.1, 0.15) is 5.56 Å². The molecule has 0 amide bonds. The zero-order valence-electron chi connectivity index (χ0n) is 11.0. The summed E-state index contributed by atoms with van der Waals surface area (Å²) < 4.78 is 0. The molecule has 1 fully saturated rings. The number of rotatable bonds is 6. The molecule has 1 aliphatic heterocycles. The molecule has 0 aromatic heterocycles. The first-order valence-corrected chi connectivity index (χ1v) is 6.56. The largest absolute Gasteiger partial charge is 0.477 e. The molecule has 1 aromatic rings. The van der Waals surface area contributed by atoms with E-state index >= 15 is 0 Å². The van der Waals surface area contributed by atoms with E-state index in [0.717, 1.165) is 19.6 Å². The SMILES string of the molecule is O=C(O)c1ccc(NCCN2CCCC2)cc1[N+](=O)[O-]. The fraction of sp³-hybridized carbons (Fsp3) is 0.462. The van der Waals surface area contributed by atoms with E-state index in [1.807, 2.05) is 0 Å². The average molecular weight is 279 g/mol. The standard InChI is InChI=1S/C13H17N3O4/c17-13(18)11-4-3-10(9-12(11)16(19)20)14-5-8-15-6-1-2-7-15/h3-4,9,14H,1-2,5-8H2,(H,17,18). The van der Waals surface area contributed by atoms with Gasteiger partial charge in [-0.25, -0.2) is 4.79 Å². The molecule has 0 aliphatic carbocycles. The van der Waals surface area contributed by atoms with Crippen LogP contribution in [0.2, 0.25) is 0 Å². The molecule has 7 heteroatoms. The first kappa shape index (κ1) is 14.3. The highest BCUT2D eigenvalue weighted by atomic mass is 16.6. The number of carboxylic acid groups (broad SMARTS) is 1. The van der Waals surface area contributed by atoms with E-state index in [9.17, 15) is 14.9 Å². The second-order valence-electron chi connectivity index (χ2n) is 4.77. The third kappa shape index (κ3) is 3.45. The third-order valence-corrected chi connectivity index (χ3v) is 3.38. The van der Waals surface area contributed by atoms with Gasteiger partial charge >= 0.3 is 5.97 Å². The molecule has 2 rings (SSSR count). The second kappa shape index (κ2) is 6.33. The summed E-state index contributed by atoms with van der Waals surface area (Å²) in [5.41, 5.74) is -0.107. The molecule has 0 atom stereocenters. The van der Waals surface area contributed by atoms with E-state index < -0.39 is 10.9 Å². The molecular weight excluding hydrogens is 262 g/mol. The average Bonchev–Trinajstić information content (AvgIpc) is 2.91. The highest BCUT2D eigenvalue weighted by molar-refractivity contribution is 5.93. The molecule has 7 nitrogen and oxygen atoms in total. The fourth-order valence-electron chi connectivity index (χ4n) is 2.34. The summed E-state index contributed by atoms with van der Waals surface area (Å²) in [7, 11) is 0. The fourth-order valence-corrected chi connectivity index (χ4v) is 2.34. The highest BCUT2D eigenvalue weighted by Crippen LogP contribution is 2.23. The Kier molecular flexibility index (Phi) is 4.52. The van der Waals surface area contributed by atoms with Gasteiger partial charge in [-0.1, -0.05) is 0 Å². The van der Waals surface area contributed by atoms with Crippen LogP contribution in [0.3, 0.4) is 0 Å². The normalized spacial score (nSPS) is 15.2. The number of nitro benzene ring substituents is 1. The van der Waals surface area contributed by atoms with Crippen molar-refractivity contribution in [2.24, 2.45) is 0 Å². The van der Waals surface area contributed by atoms with Crippen molar-refractivity contribution >= 4 is 17.3 Å². The van der Waals surface area contributed by atoms with E-state index in [2.05, 4.69) is 10.2 Å². The van der Waals surface area contributed by atoms with Crippen molar-refractivity contribution in [1.29, 1.82) is 0 Å². The molecule has 0 spiro atoms. The number of nitrogens with one attached hydrogen (secondary N) is 1. The van der Waals surface area contributed by atoms with Crippen LogP contribution in [-0.2, 0) is 0 Å². The second-order valence-corrected chi connectivity index (χ2v) is 4.77. The monoisotopic (exact) mass is 279 g/mol. The first-order valence-electron chi connectivity index (χ1n) is 6.56. The number of aromatic carboxylic acids is 1. The Morgan fingerprint density at radius 2 is 2.10 bits per heavy atom. The molecule has 20 heavy (non-hydrogen) atoms. The molecule has 1 aromatic carbocycles. The predicted octanol–water partition coefficient (Wildman–Crippen LogP) is 1.80. The van der Waals surface area contributed by atoms with Crippen LogP contribution in [0.5, 0.6) is 0 Å². The van der Waals surface area contributed by atoms with E-state index in [-0.39, 0.29) is 11.3 Å². The first-order chi connectivity index (χ1) is 9.58. The van der Waals surface area contributed by atoms with Crippen molar-refractivity contribution < 1.29 is 14.8 Å². The zero-order chi connectivity index (χ0) is 14.5. The maximum atomic E-state index is 10.9. The number of hydrogen-bond donors (Lipinski definition) is 2. The summed E-state index contributed by atoms with van der Waals surface area (Å²) in [6.07, 6.45) is 2.44. The van der Waals surface area contributed by atoms with Crippen LogP contribution in [0.25, 0.3) is 0 Å². The molecule has 0 saturated carbocycles. The van der Waals surface area contributed by atoms with Crippen LogP contribution in [0.4, 0.5) is 11.4 Å². The van der Waals surface area contributed by atoms with Crippen molar-refractivity contribution in [3.8, 4) is 0 Å². The molecule has 0 bridgehead atoms. The molecular formula is C13H17N3O4. The highest BCUT2D eigenvalue weighted by Gasteiger charge is 2.20. The minimum absolute atomic E-state index is 0.292. The number of likely N-dealkylation sites (tertiary alicyclic amines) is 1. The van der Waals surface area contributed by atoms with Crippen LogP contribution >= 0.6 is 0 Å². The molecule has 0 unspecified atom stereocenters. The van der Waals surface area contributed by atoms with E-state index in [4.69, 9.17) is 5.11 Å². The molecule has 108 valence electrons. The number of anilines is 1. The summed E-state index contributed by atoms with van der Waals surface area (Å²) in [6.45, 7) is 3.76. The smallest absolute Gasteiger partial charge is 0.342 e. The van der Waals surface area contributed by atoms with Crippen molar-refractivity contribution in [1.82, 2.24) is 4.90 Å². The summed E-state index contributed by atoms with van der Waals surface area (Å²) in [4.78, 5) is 23.4. The van der Waals surface area contributed by atoms with Gasteiger partial charge in [0.25, 0.3) is 5.69 Å². The molecule has 1 aliphatic rings. The Labute approximate surface area is 116 Å². The van der Waals surface area contributed by atoms with Gasteiger partial charge in [0.15, 0.2) is 0 Å². The summed E-state index contributed by atoms with van der Waals surface area (Å²) in [5, 5.41) is 22.9. The summed E-state index contributed by atoms with van der Waals surface area (Å²) in [5.74, 6) is -1.29. The van der Waals surface area contributed by atoms with Gasteiger partial charge in [0.2, 0.25) is 0 Å². The van der Waals surface area contributed by atoms with Gasteiger partial charge in [0, 0.05) is 24.8 Å². The van der Waals surface area contributed by atoms with Crippen LogP contribution in [0.1, 0.15) is 23.2 Å². The van der Waals surface area contributed by atoms with Gasteiger partial charge in [-0.05, 0) is 38.1 Å². The molecule has 1 saturated heterocycles. The van der Waals surface area contributed by atoms with E-state index in [1.165, 1.54) is 25.0 Å². The van der Waals surface area contributed by atoms with Crippen LogP contribution in [0, 0.1) is 10.1 Å². The Morgan fingerprint density at radius 1 is 1.40 bits per heavy atom. The third-order valence-electron chi connectivity index (χ3n) is 3.38. The summed E-state index contributed by atoms with van der Waals surface area (Å²) in [6, 6.07) is 4.09. The number of carboxylic acids is 1. The molecule has 0 radical (unpaired) electrons. The number of hydrogen-bond acceptors (Lipinski definition) is 5. The predicted molar refractivity (Wildman–Crippen MR) is 74.2 cm³/mol. The lowest BCUT2D eigenvalue weighted by Crippen LogP contribution is -2.25. The lowest BCUT2D eigenvalue weighted by molar-refractivity contribution is -0.385. The van der Waals surface area contributed by atoms with E-state index in [0.29, 0.717) is 12.2 Å². The van der Waals surface area contributed by atoms with Crippen molar-refractivity contribution in [3.05, 3.63) is 33.9 Å². The van der Waals surface area contributed by atoms with Crippen molar-refractivity contribution in [2.45, 2.75) is 12.8 Å². The van der Waals surface area contributed by atoms with Crippen molar-refractivity contribution in [2.75, 3.05) is 31.5 Å². The maximum Gasteiger partial charge on any atom is 0.342 e. The van der Waals surface area contributed by atoms with Gasteiger partial charge in [0.05, 0.1) is 4.92 Å². The molecule has 2 N–H and O–H groups in total. The quantitative estimate of drug-likeness (QED) is 0.609. The van der Waals surface area contributed by atoms with Gasteiger partial charge in [-0.15, -0.1) is 0 Å². The minimum Gasteiger partial charge on any atom is -0.477 e. The Morgan fingerprint density at radius 3 is 2.70 bits per heavy atom. The number of nitro groups is 1. The molecule has 1 heterocycles. The lowest BCUT2D eigenvalue weighted by atomic mass is 10.1.